The standard InChI is InChI=1S/C24H27Cl3FN3O4S/c1-15(35-17-4-6-23(28)22(27)12-17)18-13-30(14-19(18)16-3-5-20(25)21(26)11-16)24(32)29-7-9-31(10-8-29)36(2,33)34/h3-6,11-12,15,18-19H,7-10,13-14H2,1-2H3/t15-,18+,19+/m1/s1. The Balaban J connectivity index is 1.53. The zero-order valence-electron chi connectivity index (χ0n) is 19.8. The summed E-state index contributed by atoms with van der Waals surface area (Å²) in [5.74, 6) is -0.290. The Hall–Kier alpha value is -1.78. The molecule has 0 spiro atoms. The Morgan fingerprint density at radius 3 is 2.28 bits per heavy atom. The van der Waals surface area contributed by atoms with Crippen molar-refractivity contribution in [2.75, 3.05) is 45.5 Å². The summed E-state index contributed by atoms with van der Waals surface area (Å²) < 4.78 is 44.8. The van der Waals surface area contributed by atoms with Gasteiger partial charge in [0.2, 0.25) is 10.0 Å². The molecule has 0 N–H and O–H groups in total. The summed E-state index contributed by atoms with van der Waals surface area (Å²) in [5, 5.41) is 0.836. The number of nitrogens with zero attached hydrogens (tertiary/aromatic N) is 3. The SMILES string of the molecule is C[C@@H](Oc1ccc(F)c(Cl)c1)[C@@H]1CN(C(=O)N2CCN(S(C)(=O)=O)CC2)C[C@H]1c1ccc(Cl)c(Cl)c1. The fourth-order valence-corrected chi connectivity index (χ4v) is 6.12. The van der Waals surface area contributed by atoms with Crippen molar-refractivity contribution in [3.05, 3.63) is 62.8 Å². The van der Waals surface area contributed by atoms with Crippen molar-refractivity contribution in [3.63, 3.8) is 0 Å². The van der Waals surface area contributed by atoms with Crippen LogP contribution in [0.15, 0.2) is 36.4 Å². The lowest BCUT2D eigenvalue weighted by Crippen LogP contribution is -2.53. The van der Waals surface area contributed by atoms with Gasteiger partial charge in [-0.05, 0) is 36.8 Å². The number of carbonyl (C=O) groups excluding carboxylic acids is 1. The average Bonchev–Trinajstić information content (AvgIpc) is 3.28. The summed E-state index contributed by atoms with van der Waals surface area (Å²) in [6.07, 6.45) is 0.832. The van der Waals surface area contributed by atoms with E-state index in [0.717, 1.165) is 5.56 Å². The van der Waals surface area contributed by atoms with Crippen LogP contribution in [0.25, 0.3) is 0 Å². The van der Waals surface area contributed by atoms with Crippen molar-refractivity contribution in [1.29, 1.82) is 0 Å². The van der Waals surface area contributed by atoms with Gasteiger partial charge in [-0.1, -0.05) is 40.9 Å². The van der Waals surface area contributed by atoms with E-state index in [2.05, 4.69) is 0 Å². The molecular weight excluding hydrogens is 552 g/mol. The quantitative estimate of drug-likeness (QED) is 0.503. The van der Waals surface area contributed by atoms with Crippen LogP contribution in [0, 0.1) is 11.7 Å². The summed E-state index contributed by atoms with van der Waals surface area (Å²) >= 11 is 18.3. The zero-order valence-corrected chi connectivity index (χ0v) is 22.9. The van der Waals surface area contributed by atoms with Crippen LogP contribution in [-0.4, -0.2) is 80.2 Å². The molecule has 2 amide bonds. The highest BCUT2D eigenvalue weighted by Crippen LogP contribution is 2.39. The lowest BCUT2D eigenvalue weighted by atomic mass is 9.85. The number of sulfonamides is 1. The number of benzene rings is 2. The summed E-state index contributed by atoms with van der Waals surface area (Å²) in [5.41, 5.74) is 0.930. The topological polar surface area (TPSA) is 70.2 Å². The molecule has 7 nitrogen and oxygen atoms in total. The van der Waals surface area contributed by atoms with E-state index in [1.807, 2.05) is 19.1 Å². The van der Waals surface area contributed by atoms with Gasteiger partial charge >= 0.3 is 6.03 Å². The number of halogens is 4. The number of urea groups is 1. The number of piperazine rings is 1. The van der Waals surface area contributed by atoms with Crippen molar-refractivity contribution in [3.8, 4) is 5.75 Å². The molecule has 0 aliphatic carbocycles. The molecule has 0 unspecified atom stereocenters. The molecule has 0 aromatic heterocycles. The van der Waals surface area contributed by atoms with E-state index in [1.54, 1.807) is 15.9 Å². The van der Waals surface area contributed by atoms with Crippen molar-refractivity contribution in [2.45, 2.75) is 18.9 Å². The van der Waals surface area contributed by atoms with Gasteiger partial charge in [-0.2, -0.15) is 4.31 Å². The maximum absolute atomic E-state index is 13.6. The molecule has 0 bridgehead atoms. The number of amides is 2. The third-order valence-corrected chi connectivity index (χ3v) is 9.13. The number of likely N-dealkylation sites (tertiary alicyclic amines) is 1. The first-order valence-electron chi connectivity index (χ1n) is 11.5. The van der Waals surface area contributed by atoms with E-state index in [4.69, 9.17) is 39.5 Å². The molecule has 2 aliphatic heterocycles. The third-order valence-electron chi connectivity index (χ3n) is 6.80. The summed E-state index contributed by atoms with van der Waals surface area (Å²) in [7, 11) is -3.29. The van der Waals surface area contributed by atoms with Crippen LogP contribution in [0.3, 0.4) is 0 Å². The van der Waals surface area contributed by atoms with Gasteiger partial charge in [0.1, 0.15) is 17.7 Å². The second kappa shape index (κ2) is 10.9. The summed E-state index contributed by atoms with van der Waals surface area (Å²) in [6, 6.07) is 9.49. The molecule has 0 saturated carbocycles. The molecule has 2 aromatic carbocycles. The minimum Gasteiger partial charge on any atom is -0.490 e. The molecule has 3 atom stereocenters. The van der Waals surface area contributed by atoms with Gasteiger partial charge < -0.3 is 14.5 Å². The van der Waals surface area contributed by atoms with Crippen LogP contribution >= 0.6 is 34.8 Å². The monoisotopic (exact) mass is 577 g/mol. The van der Waals surface area contributed by atoms with Gasteiger partial charge in [-0.25, -0.2) is 17.6 Å². The first-order valence-corrected chi connectivity index (χ1v) is 14.5. The number of carbonyl (C=O) groups is 1. The largest absolute Gasteiger partial charge is 0.490 e. The first-order chi connectivity index (χ1) is 16.9. The van der Waals surface area contributed by atoms with E-state index >= 15 is 0 Å². The maximum Gasteiger partial charge on any atom is 0.320 e. The van der Waals surface area contributed by atoms with Gasteiger partial charge in [-0.3, -0.25) is 0 Å². The number of rotatable bonds is 5. The average molecular weight is 579 g/mol. The van der Waals surface area contributed by atoms with Crippen LogP contribution in [0.5, 0.6) is 5.75 Å². The van der Waals surface area contributed by atoms with Gasteiger partial charge in [0.25, 0.3) is 0 Å². The highest BCUT2D eigenvalue weighted by Gasteiger charge is 2.42. The molecule has 2 saturated heterocycles. The Bertz CT molecular complexity index is 1240. The van der Waals surface area contributed by atoms with Gasteiger partial charge in [-0.15, -0.1) is 0 Å². The molecule has 0 radical (unpaired) electrons. The van der Waals surface area contributed by atoms with Crippen molar-refractivity contribution >= 4 is 50.9 Å². The minimum absolute atomic E-state index is 0.0304. The highest BCUT2D eigenvalue weighted by molar-refractivity contribution is 7.88. The Labute approximate surface area is 225 Å². The van der Waals surface area contributed by atoms with Gasteiger partial charge in [0, 0.05) is 57.2 Å². The predicted octanol–water partition coefficient (Wildman–Crippen LogP) is 4.97. The Kier molecular flexibility index (Phi) is 8.26. The molecule has 196 valence electrons. The number of hydrogen-bond acceptors (Lipinski definition) is 4. The number of ether oxygens (including phenoxy) is 1. The highest BCUT2D eigenvalue weighted by atomic mass is 35.5. The van der Waals surface area contributed by atoms with E-state index in [9.17, 15) is 17.6 Å². The molecule has 36 heavy (non-hydrogen) atoms. The van der Waals surface area contributed by atoms with Crippen molar-refractivity contribution in [2.24, 2.45) is 5.92 Å². The number of hydrogen-bond donors (Lipinski definition) is 0. The fraction of sp³-hybridized carbons (Fsp3) is 0.458. The lowest BCUT2D eigenvalue weighted by molar-refractivity contribution is 0.128. The predicted molar refractivity (Wildman–Crippen MR) is 139 cm³/mol. The molecule has 4 rings (SSSR count). The van der Waals surface area contributed by atoms with Crippen molar-refractivity contribution < 1.29 is 22.3 Å². The van der Waals surface area contributed by atoms with E-state index < -0.39 is 15.8 Å². The van der Waals surface area contributed by atoms with E-state index in [0.29, 0.717) is 42.0 Å². The van der Waals surface area contributed by atoms with Crippen LogP contribution in [0.1, 0.15) is 18.4 Å². The lowest BCUT2D eigenvalue weighted by Gasteiger charge is -2.35. The second-order valence-electron chi connectivity index (χ2n) is 9.18. The normalized spacial score (nSPS) is 22.1. The summed E-state index contributed by atoms with van der Waals surface area (Å²) in [6.45, 7) is 3.95. The van der Waals surface area contributed by atoms with E-state index in [1.165, 1.54) is 28.8 Å². The minimum atomic E-state index is -3.29. The third kappa shape index (κ3) is 6.02. The molecule has 2 aliphatic rings. The smallest absolute Gasteiger partial charge is 0.320 e. The second-order valence-corrected chi connectivity index (χ2v) is 12.4. The molecular formula is C24H27Cl3FN3O4S. The Morgan fingerprint density at radius 1 is 0.972 bits per heavy atom. The van der Waals surface area contributed by atoms with Crippen molar-refractivity contribution in [1.82, 2.24) is 14.1 Å². The molecule has 2 heterocycles. The van der Waals surface area contributed by atoms with E-state index in [-0.39, 0.29) is 42.1 Å². The zero-order chi connectivity index (χ0) is 26.2. The first kappa shape index (κ1) is 27.3. The molecule has 12 heteroatoms. The molecule has 2 fully saturated rings. The van der Waals surface area contributed by atoms with Gasteiger partial charge in [0.15, 0.2) is 0 Å². The van der Waals surface area contributed by atoms with Crippen LogP contribution in [-0.2, 0) is 10.0 Å². The van der Waals surface area contributed by atoms with Crippen LogP contribution in [0.4, 0.5) is 9.18 Å². The van der Waals surface area contributed by atoms with Gasteiger partial charge in [0.05, 0.1) is 21.3 Å². The fourth-order valence-electron chi connectivity index (χ4n) is 4.82. The van der Waals surface area contributed by atoms with Crippen LogP contribution < -0.4 is 4.74 Å². The summed E-state index contributed by atoms with van der Waals surface area (Å²) in [4.78, 5) is 16.9. The van der Waals surface area contributed by atoms with Crippen LogP contribution in [0.2, 0.25) is 15.1 Å². The Morgan fingerprint density at radius 2 is 1.67 bits per heavy atom. The molecule has 2 aromatic rings. The maximum atomic E-state index is 13.6.